The van der Waals surface area contributed by atoms with E-state index in [9.17, 15) is 9.59 Å². The summed E-state index contributed by atoms with van der Waals surface area (Å²) >= 11 is 0. The Balaban J connectivity index is 3.24. The summed E-state index contributed by atoms with van der Waals surface area (Å²) in [4.78, 5) is 21.2. The van der Waals surface area contributed by atoms with Crippen LogP contribution in [0.2, 0.25) is 0 Å². The Hall–Kier alpha value is -1.50. The van der Waals surface area contributed by atoms with Gasteiger partial charge in [-0.1, -0.05) is 0 Å². The molecule has 0 aromatic rings. The van der Waals surface area contributed by atoms with Gasteiger partial charge >= 0.3 is 12.3 Å². The molecule has 0 heterocycles. The molecule has 0 N–H and O–H groups in total. The zero-order chi connectivity index (χ0) is 11.5. The number of rotatable bonds is 6. The number of carbonyl (C=O) groups excluding carboxylic acids is 2. The third-order valence-corrected chi connectivity index (χ3v) is 1.04. The van der Waals surface area contributed by atoms with Crippen molar-refractivity contribution in [3.63, 3.8) is 0 Å². The minimum atomic E-state index is -0.839. The Morgan fingerprint density at radius 2 is 1.20 bits per heavy atom. The first kappa shape index (κ1) is 13.5. The highest BCUT2D eigenvalue weighted by Gasteiger charge is 2.03. The minimum Gasteiger partial charge on any atom is -0.435 e. The highest BCUT2D eigenvalue weighted by molar-refractivity contribution is 5.60. The SMILES string of the molecule is CCOC(=O)OCOCOC(=O)OCC. The van der Waals surface area contributed by atoms with Crippen LogP contribution in [0.4, 0.5) is 9.59 Å². The zero-order valence-electron chi connectivity index (χ0n) is 8.69. The Labute approximate surface area is 87.2 Å². The summed E-state index contributed by atoms with van der Waals surface area (Å²) in [5.74, 6) is 0. The Morgan fingerprint density at radius 1 is 0.800 bits per heavy atom. The quantitative estimate of drug-likeness (QED) is 0.380. The number of ether oxygens (including phenoxy) is 5. The predicted molar refractivity (Wildman–Crippen MR) is 47.0 cm³/mol. The van der Waals surface area contributed by atoms with Gasteiger partial charge in [0, 0.05) is 0 Å². The van der Waals surface area contributed by atoms with Crippen molar-refractivity contribution in [3.8, 4) is 0 Å². The second kappa shape index (κ2) is 9.07. The topological polar surface area (TPSA) is 80.3 Å². The van der Waals surface area contributed by atoms with Crippen molar-refractivity contribution in [1.29, 1.82) is 0 Å². The lowest BCUT2D eigenvalue weighted by Gasteiger charge is -2.06. The van der Waals surface area contributed by atoms with Gasteiger partial charge in [0.15, 0.2) is 13.6 Å². The van der Waals surface area contributed by atoms with Gasteiger partial charge in [-0.3, -0.25) is 0 Å². The van der Waals surface area contributed by atoms with Crippen molar-refractivity contribution >= 4 is 12.3 Å². The first-order valence-corrected chi connectivity index (χ1v) is 4.37. The molecule has 0 atom stereocenters. The summed E-state index contributed by atoms with van der Waals surface area (Å²) in [6.07, 6.45) is -1.68. The third kappa shape index (κ3) is 8.82. The average molecular weight is 222 g/mol. The first-order valence-electron chi connectivity index (χ1n) is 4.37. The van der Waals surface area contributed by atoms with Crippen molar-refractivity contribution in [2.24, 2.45) is 0 Å². The van der Waals surface area contributed by atoms with Crippen LogP contribution >= 0.6 is 0 Å². The normalized spacial score (nSPS) is 9.20. The van der Waals surface area contributed by atoms with Crippen molar-refractivity contribution in [2.75, 3.05) is 26.8 Å². The van der Waals surface area contributed by atoms with Gasteiger partial charge in [0.1, 0.15) is 0 Å². The van der Waals surface area contributed by atoms with E-state index in [1.165, 1.54) is 0 Å². The summed E-state index contributed by atoms with van der Waals surface area (Å²) in [6, 6.07) is 0. The van der Waals surface area contributed by atoms with Crippen LogP contribution in [0.5, 0.6) is 0 Å². The molecule has 0 bridgehead atoms. The molecule has 0 aliphatic rings. The maximum absolute atomic E-state index is 10.6. The fourth-order valence-corrected chi connectivity index (χ4v) is 0.533. The third-order valence-electron chi connectivity index (χ3n) is 1.04. The second-order valence-corrected chi connectivity index (χ2v) is 2.09. The molecular formula is C8H14O7. The van der Waals surface area contributed by atoms with Crippen molar-refractivity contribution in [3.05, 3.63) is 0 Å². The van der Waals surface area contributed by atoms with Crippen LogP contribution in [-0.2, 0) is 23.7 Å². The molecule has 7 nitrogen and oxygen atoms in total. The minimum absolute atomic E-state index is 0.220. The summed E-state index contributed by atoms with van der Waals surface area (Å²) in [7, 11) is 0. The molecule has 0 amide bonds. The van der Waals surface area contributed by atoms with Crippen LogP contribution < -0.4 is 0 Å². The van der Waals surface area contributed by atoms with Crippen LogP contribution in [0.1, 0.15) is 13.8 Å². The van der Waals surface area contributed by atoms with Gasteiger partial charge in [-0.15, -0.1) is 0 Å². The second-order valence-electron chi connectivity index (χ2n) is 2.09. The molecule has 0 aromatic carbocycles. The van der Waals surface area contributed by atoms with E-state index in [0.29, 0.717) is 0 Å². The smallest absolute Gasteiger partial charge is 0.435 e. The highest BCUT2D eigenvalue weighted by Crippen LogP contribution is 1.89. The lowest BCUT2D eigenvalue weighted by molar-refractivity contribution is -0.107. The van der Waals surface area contributed by atoms with E-state index in [1.54, 1.807) is 13.8 Å². The molecule has 0 fully saturated rings. The molecular weight excluding hydrogens is 208 g/mol. The standard InChI is InChI=1S/C8H14O7/c1-3-12-7(9)14-5-11-6-15-8(10)13-4-2/h3-6H2,1-2H3. The molecule has 0 aliphatic carbocycles. The molecule has 0 spiro atoms. The molecule has 7 heteroatoms. The van der Waals surface area contributed by atoms with Crippen LogP contribution in [0, 0.1) is 0 Å². The van der Waals surface area contributed by atoms with Crippen molar-refractivity contribution in [1.82, 2.24) is 0 Å². The molecule has 0 aromatic heterocycles. The predicted octanol–water partition coefficient (Wildman–Crippen LogP) is 1.26. The summed E-state index contributed by atoms with van der Waals surface area (Å²) in [5, 5.41) is 0. The van der Waals surface area contributed by atoms with E-state index in [0.717, 1.165) is 0 Å². The van der Waals surface area contributed by atoms with Gasteiger partial charge < -0.3 is 23.7 Å². The van der Waals surface area contributed by atoms with Crippen LogP contribution in [0.3, 0.4) is 0 Å². The monoisotopic (exact) mass is 222 g/mol. The Bertz CT molecular complexity index is 171. The van der Waals surface area contributed by atoms with Crippen molar-refractivity contribution in [2.45, 2.75) is 13.8 Å². The van der Waals surface area contributed by atoms with Crippen LogP contribution in [-0.4, -0.2) is 39.1 Å². The van der Waals surface area contributed by atoms with Gasteiger partial charge in [-0.25, -0.2) is 9.59 Å². The first-order chi connectivity index (χ1) is 7.20. The van der Waals surface area contributed by atoms with Gasteiger partial charge in [-0.2, -0.15) is 0 Å². The van der Waals surface area contributed by atoms with E-state index in [2.05, 4.69) is 23.7 Å². The van der Waals surface area contributed by atoms with Crippen LogP contribution in [0.25, 0.3) is 0 Å². The van der Waals surface area contributed by atoms with E-state index >= 15 is 0 Å². The molecule has 0 unspecified atom stereocenters. The van der Waals surface area contributed by atoms with Gasteiger partial charge in [0.25, 0.3) is 0 Å². The van der Waals surface area contributed by atoms with E-state index < -0.39 is 12.3 Å². The summed E-state index contributed by atoms with van der Waals surface area (Å²) < 4.78 is 22.3. The van der Waals surface area contributed by atoms with E-state index in [4.69, 9.17) is 0 Å². The van der Waals surface area contributed by atoms with Crippen molar-refractivity contribution < 1.29 is 33.3 Å². The summed E-state index contributed by atoms with van der Waals surface area (Å²) in [5.41, 5.74) is 0. The van der Waals surface area contributed by atoms with Crippen LogP contribution in [0.15, 0.2) is 0 Å². The zero-order valence-corrected chi connectivity index (χ0v) is 8.69. The molecule has 15 heavy (non-hydrogen) atoms. The highest BCUT2D eigenvalue weighted by atomic mass is 16.8. The molecule has 0 radical (unpaired) electrons. The molecule has 0 rings (SSSR count). The van der Waals surface area contributed by atoms with Gasteiger partial charge in [0.2, 0.25) is 0 Å². The fraction of sp³-hybridized carbons (Fsp3) is 0.750. The largest absolute Gasteiger partial charge is 0.510 e. The molecule has 0 aliphatic heterocycles. The molecule has 0 saturated carbocycles. The lowest BCUT2D eigenvalue weighted by Crippen LogP contribution is -2.14. The number of hydrogen-bond donors (Lipinski definition) is 0. The maximum atomic E-state index is 10.6. The average Bonchev–Trinajstić information content (AvgIpc) is 2.18. The number of carbonyl (C=O) groups is 2. The lowest BCUT2D eigenvalue weighted by atomic mass is 10.9. The molecule has 88 valence electrons. The van der Waals surface area contributed by atoms with Gasteiger partial charge in [0.05, 0.1) is 13.2 Å². The Morgan fingerprint density at radius 3 is 1.53 bits per heavy atom. The van der Waals surface area contributed by atoms with Gasteiger partial charge in [-0.05, 0) is 13.8 Å². The maximum Gasteiger partial charge on any atom is 0.510 e. The van der Waals surface area contributed by atoms with E-state index in [1.807, 2.05) is 0 Å². The fourth-order valence-electron chi connectivity index (χ4n) is 0.533. The van der Waals surface area contributed by atoms with E-state index in [-0.39, 0.29) is 26.8 Å². The molecule has 0 saturated heterocycles. The Kier molecular flexibility index (Phi) is 8.16. The number of hydrogen-bond acceptors (Lipinski definition) is 7. The summed E-state index contributed by atoms with van der Waals surface area (Å²) in [6.45, 7) is 3.03.